The van der Waals surface area contributed by atoms with Crippen molar-refractivity contribution < 1.29 is 4.21 Å². The van der Waals surface area contributed by atoms with E-state index in [9.17, 15) is 4.21 Å². The van der Waals surface area contributed by atoms with Crippen LogP contribution in [0.15, 0.2) is 76.2 Å². The number of hydrogen-bond donors (Lipinski definition) is 0. The molecule has 0 aromatic heterocycles. The fourth-order valence-electron chi connectivity index (χ4n) is 2.50. The van der Waals surface area contributed by atoms with E-state index in [-0.39, 0.29) is 5.41 Å². The molecule has 1 aliphatic rings. The fraction of sp³-hybridized carbons (Fsp3) is 0.350. The molecule has 2 rings (SSSR count). The Labute approximate surface area is 136 Å². The summed E-state index contributed by atoms with van der Waals surface area (Å²) in [6.45, 7) is 8.10. The Morgan fingerprint density at radius 1 is 1.36 bits per heavy atom. The quantitative estimate of drug-likeness (QED) is 0.497. The molecule has 0 radical (unpaired) electrons. The van der Waals surface area contributed by atoms with Gasteiger partial charge in [-0.15, -0.1) is 12.3 Å². The van der Waals surface area contributed by atoms with Gasteiger partial charge in [-0.2, -0.15) is 0 Å². The van der Waals surface area contributed by atoms with Crippen LogP contribution >= 0.6 is 0 Å². The van der Waals surface area contributed by atoms with Gasteiger partial charge in [0.05, 0.1) is 15.7 Å². The lowest BCUT2D eigenvalue weighted by Crippen LogP contribution is -2.05. The first-order valence-corrected chi connectivity index (χ1v) is 8.93. The summed E-state index contributed by atoms with van der Waals surface area (Å²) in [5, 5.41) is 0. The third kappa shape index (κ3) is 4.43. The molecule has 0 spiro atoms. The van der Waals surface area contributed by atoms with Crippen molar-refractivity contribution in [1.29, 1.82) is 0 Å². The zero-order valence-corrected chi connectivity index (χ0v) is 14.3. The minimum absolute atomic E-state index is 0.0208. The van der Waals surface area contributed by atoms with Crippen LogP contribution in [0.4, 0.5) is 0 Å². The van der Waals surface area contributed by atoms with Crippen LogP contribution in [0.25, 0.3) is 0 Å². The summed E-state index contributed by atoms with van der Waals surface area (Å²) >= 11 is 0. The van der Waals surface area contributed by atoms with E-state index in [0.717, 1.165) is 35.5 Å². The van der Waals surface area contributed by atoms with Gasteiger partial charge in [-0.3, -0.25) is 0 Å². The zero-order valence-electron chi connectivity index (χ0n) is 13.5. The summed E-state index contributed by atoms with van der Waals surface area (Å²) in [6.07, 6.45) is 10.3. The van der Waals surface area contributed by atoms with Gasteiger partial charge < -0.3 is 0 Å². The molecule has 0 saturated heterocycles. The topological polar surface area (TPSA) is 17.1 Å². The third-order valence-corrected chi connectivity index (χ3v) is 5.19. The van der Waals surface area contributed by atoms with Crippen LogP contribution in [0.1, 0.15) is 39.5 Å². The van der Waals surface area contributed by atoms with Crippen molar-refractivity contribution in [2.75, 3.05) is 0 Å². The van der Waals surface area contributed by atoms with Crippen LogP contribution < -0.4 is 0 Å². The van der Waals surface area contributed by atoms with Crippen LogP contribution in [-0.4, -0.2) is 4.21 Å². The molecule has 116 valence electrons. The number of hydrogen-bond acceptors (Lipinski definition) is 1. The maximum absolute atomic E-state index is 12.9. The molecule has 22 heavy (non-hydrogen) atoms. The highest BCUT2D eigenvalue weighted by molar-refractivity contribution is 7.89. The minimum atomic E-state index is -1.17. The Morgan fingerprint density at radius 2 is 2.09 bits per heavy atom. The lowest BCUT2D eigenvalue weighted by molar-refractivity contribution is 0.490. The maximum Gasteiger partial charge on any atom is 0.0931 e. The van der Waals surface area contributed by atoms with Gasteiger partial charge in [-0.25, -0.2) is 4.21 Å². The third-order valence-electron chi connectivity index (χ3n) is 3.74. The van der Waals surface area contributed by atoms with Crippen molar-refractivity contribution in [2.45, 2.75) is 44.4 Å². The Balaban J connectivity index is 2.42. The first-order chi connectivity index (χ1) is 10.5. The number of rotatable bonds is 6. The average Bonchev–Trinajstić information content (AvgIpc) is 3.02. The van der Waals surface area contributed by atoms with E-state index in [0.29, 0.717) is 0 Å². The summed E-state index contributed by atoms with van der Waals surface area (Å²) in [4.78, 5) is 1.67. The predicted octanol–water partition coefficient (Wildman–Crippen LogP) is 5.55. The van der Waals surface area contributed by atoms with Gasteiger partial charge in [-0.1, -0.05) is 44.2 Å². The molecule has 0 saturated carbocycles. The molecule has 0 heterocycles. The maximum atomic E-state index is 12.9. The van der Waals surface area contributed by atoms with Gasteiger partial charge in [0.25, 0.3) is 0 Å². The normalized spacial score (nSPS) is 15.6. The second-order valence-corrected chi connectivity index (χ2v) is 7.72. The Kier molecular flexibility index (Phi) is 5.76. The smallest absolute Gasteiger partial charge is 0.0931 e. The summed E-state index contributed by atoms with van der Waals surface area (Å²) < 4.78 is 12.9. The van der Waals surface area contributed by atoms with Crippen molar-refractivity contribution in [1.82, 2.24) is 0 Å². The Bertz CT molecular complexity index is 644. The van der Waals surface area contributed by atoms with E-state index >= 15 is 0 Å². The minimum Gasteiger partial charge on any atom is -0.248 e. The average molecular weight is 312 g/mol. The van der Waals surface area contributed by atoms with Gasteiger partial charge in [-0.05, 0) is 54.9 Å². The van der Waals surface area contributed by atoms with E-state index in [4.69, 9.17) is 0 Å². The largest absolute Gasteiger partial charge is 0.248 e. The molecular formula is C20H24OS. The van der Waals surface area contributed by atoms with E-state index < -0.39 is 10.8 Å². The van der Waals surface area contributed by atoms with Crippen LogP contribution in [0.2, 0.25) is 0 Å². The van der Waals surface area contributed by atoms with Crippen LogP contribution in [0, 0.1) is 5.41 Å². The monoisotopic (exact) mass is 312 g/mol. The molecule has 1 unspecified atom stereocenters. The van der Waals surface area contributed by atoms with Gasteiger partial charge in [0.15, 0.2) is 0 Å². The molecule has 2 heteroatoms. The SMILES string of the molecule is C=CCC(C)(C)C=C=C(C1=CCCC1)S(=O)c1ccccc1. The summed E-state index contributed by atoms with van der Waals surface area (Å²) in [5.41, 5.74) is 4.53. The molecule has 0 amide bonds. The van der Waals surface area contributed by atoms with Crippen molar-refractivity contribution in [2.24, 2.45) is 5.41 Å². The van der Waals surface area contributed by atoms with Crippen molar-refractivity contribution >= 4 is 10.8 Å². The van der Waals surface area contributed by atoms with E-state index in [2.05, 4.69) is 32.2 Å². The zero-order chi connectivity index (χ0) is 16.0. The predicted molar refractivity (Wildman–Crippen MR) is 95.0 cm³/mol. The van der Waals surface area contributed by atoms with Gasteiger partial charge in [0.1, 0.15) is 0 Å². The van der Waals surface area contributed by atoms with Gasteiger partial charge >= 0.3 is 0 Å². The Hall–Kier alpha value is -1.63. The lowest BCUT2D eigenvalue weighted by atomic mass is 9.89. The van der Waals surface area contributed by atoms with Gasteiger partial charge in [0.2, 0.25) is 0 Å². The highest BCUT2D eigenvalue weighted by Crippen LogP contribution is 2.30. The first-order valence-electron chi connectivity index (χ1n) is 7.78. The van der Waals surface area contributed by atoms with Crippen molar-refractivity contribution in [3.05, 3.63) is 71.3 Å². The van der Waals surface area contributed by atoms with Gasteiger partial charge in [0, 0.05) is 4.90 Å². The van der Waals surface area contributed by atoms with Crippen LogP contribution in [0.3, 0.4) is 0 Å². The first kappa shape index (κ1) is 16.7. The van der Waals surface area contributed by atoms with Crippen LogP contribution in [-0.2, 0) is 10.8 Å². The molecule has 1 aromatic rings. The molecule has 0 aliphatic heterocycles. The molecule has 1 aromatic carbocycles. The van der Waals surface area contributed by atoms with Crippen LogP contribution in [0.5, 0.6) is 0 Å². The lowest BCUT2D eigenvalue weighted by Gasteiger charge is -2.16. The Morgan fingerprint density at radius 3 is 2.68 bits per heavy atom. The molecular weight excluding hydrogens is 288 g/mol. The van der Waals surface area contributed by atoms with Crippen molar-refractivity contribution in [3.63, 3.8) is 0 Å². The van der Waals surface area contributed by atoms with E-state index in [1.165, 1.54) is 5.57 Å². The molecule has 0 fully saturated rings. The molecule has 1 atom stereocenters. The molecule has 1 aliphatic carbocycles. The number of allylic oxidation sites excluding steroid dienone is 3. The standard InChI is InChI=1S/C20H24OS/c1-4-15-20(2,3)16-14-19(17-10-8-9-11-17)22(21)18-12-6-5-7-13-18/h4-7,10,12-13,16H,1,8-9,11,15H2,2-3H3. The second kappa shape index (κ2) is 7.58. The summed E-state index contributed by atoms with van der Waals surface area (Å²) in [6, 6.07) is 9.64. The molecule has 0 N–H and O–H groups in total. The fourth-order valence-corrected chi connectivity index (χ4v) is 3.73. The van der Waals surface area contributed by atoms with E-state index in [1.807, 2.05) is 42.5 Å². The second-order valence-electron chi connectivity index (χ2n) is 6.30. The highest BCUT2D eigenvalue weighted by Gasteiger charge is 2.18. The summed E-state index contributed by atoms with van der Waals surface area (Å²) in [5.74, 6) is 0. The highest BCUT2D eigenvalue weighted by atomic mass is 32.2. The van der Waals surface area contributed by atoms with E-state index in [1.54, 1.807) is 0 Å². The summed E-state index contributed by atoms with van der Waals surface area (Å²) in [7, 11) is -1.17. The number of benzene rings is 1. The molecule has 1 nitrogen and oxygen atoms in total. The van der Waals surface area contributed by atoms with Crippen molar-refractivity contribution in [3.8, 4) is 0 Å². The molecule has 0 bridgehead atoms.